The summed E-state index contributed by atoms with van der Waals surface area (Å²) >= 11 is 0. The van der Waals surface area contributed by atoms with Gasteiger partial charge in [-0.05, 0) is 45.8 Å². The molecule has 0 radical (unpaired) electrons. The second-order valence-corrected chi connectivity index (χ2v) is 16.8. The number of rotatable bonds is 16. The molecule has 2 atom stereocenters. The minimum Gasteiger partial charge on any atom is -0.467 e. The zero-order valence-electron chi connectivity index (χ0n) is 26.1. The maximum absolute atomic E-state index is 12.7. The molecule has 0 rings (SSSR count). The number of esters is 1. The summed E-state index contributed by atoms with van der Waals surface area (Å²) in [7, 11) is 0.511. The van der Waals surface area contributed by atoms with E-state index in [1.807, 2.05) is 20.0 Å². The molecule has 0 aromatic carbocycles. The number of hydrogen-bond donors (Lipinski definition) is 2. The minimum absolute atomic E-state index is 0.0419. The Balaban J connectivity index is 5.12. The number of carbonyl (C=O) groups is 4. The summed E-state index contributed by atoms with van der Waals surface area (Å²) in [6, 6.07) is -1.03. The maximum atomic E-state index is 12.7. The first-order chi connectivity index (χ1) is 18.3. The van der Waals surface area contributed by atoms with E-state index in [0.717, 1.165) is 5.57 Å². The molecule has 0 bridgehead atoms. The molecule has 0 unspecified atom stereocenters. The Hall–Kier alpha value is -2.54. The first kappa shape index (κ1) is 37.5. The predicted molar refractivity (Wildman–Crippen MR) is 155 cm³/mol. The van der Waals surface area contributed by atoms with Crippen LogP contribution in [0.4, 0.5) is 4.79 Å². The van der Waals surface area contributed by atoms with Gasteiger partial charge in [0.15, 0.2) is 8.32 Å². The second kappa shape index (κ2) is 17.3. The van der Waals surface area contributed by atoms with Gasteiger partial charge in [0.2, 0.25) is 5.91 Å². The summed E-state index contributed by atoms with van der Waals surface area (Å²) in [6.45, 7) is 17.6. The zero-order chi connectivity index (χ0) is 31.1. The molecule has 0 saturated heterocycles. The van der Waals surface area contributed by atoms with E-state index < -0.39 is 50.5 Å². The van der Waals surface area contributed by atoms with Crippen LogP contribution in [-0.4, -0.2) is 84.0 Å². The molecule has 0 aliphatic rings. The van der Waals surface area contributed by atoms with Gasteiger partial charge in [0.25, 0.3) is 0 Å². The zero-order valence-corrected chi connectivity index (χ0v) is 27.1. The van der Waals surface area contributed by atoms with Gasteiger partial charge in [-0.15, -0.1) is 0 Å². The van der Waals surface area contributed by atoms with Crippen molar-refractivity contribution < 1.29 is 42.6 Å². The molecule has 0 fully saturated rings. The number of methoxy groups -OCH3 is 2. The van der Waals surface area contributed by atoms with Crippen molar-refractivity contribution in [3.8, 4) is 0 Å². The van der Waals surface area contributed by atoms with E-state index in [-0.39, 0.29) is 37.2 Å². The van der Waals surface area contributed by atoms with Crippen LogP contribution in [0.3, 0.4) is 0 Å². The quantitative estimate of drug-likeness (QED) is 0.0902. The molecular formula is C28H50N2O9Si. The summed E-state index contributed by atoms with van der Waals surface area (Å²) in [4.78, 5) is 49.3. The van der Waals surface area contributed by atoms with Crippen molar-refractivity contribution in [1.29, 1.82) is 0 Å². The van der Waals surface area contributed by atoms with Gasteiger partial charge in [-0.25, -0.2) is 9.59 Å². The highest BCUT2D eigenvalue weighted by Crippen LogP contribution is 2.36. The van der Waals surface area contributed by atoms with Crippen LogP contribution < -0.4 is 10.6 Å². The largest absolute Gasteiger partial charge is 0.467 e. The van der Waals surface area contributed by atoms with Gasteiger partial charge in [-0.1, -0.05) is 44.6 Å². The monoisotopic (exact) mass is 586 g/mol. The highest BCUT2D eigenvalue weighted by Gasteiger charge is 2.38. The van der Waals surface area contributed by atoms with Gasteiger partial charge in [-0.3, -0.25) is 9.59 Å². The first-order valence-corrected chi connectivity index (χ1v) is 16.2. The van der Waals surface area contributed by atoms with Crippen molar-refractivity contribution in [2.45, 2.75) is 97.2 Å². The van der Waals surface area contributed by atoms with Crippen molar-refractivity contribution in [3.05, 3.63) is 23.8 Å². The van der Waals surface area contributed by atoms with Crippen LogP contribution in [0.25, 0.3) is 0 Å². The number of nitrogens with one attached hydrogen (secondary N) is 2. The van der Waals surface area contributed by atoms with Crippen LogP contribution >= 0.6 is 0 Å². The Kier molecular flexibility index (Phi) is 16.2. The fourth-order valence-electron chi connectivity index (χ4n) is 2.91. The number of ketones is 1. The molecule has 2 N–H and O–H groups in total. The first-order valence-electron chi connectivity index (χ1n) is 13.3. The number of alkyl carbamates (subject to hydrolysis) is 1. The van der Waals surface area contributed by atoms with Crippen LogP contribution in [0, 0.1) is 0 Å². The summed E-state index contributed by atoms with van der Waals surface area (Å²) in [5.41, 5.74) is 0.190. The second-order valence-electron chi connectivity index (χ2n) is 11.9. The van der Waals surface area contributed by atoms with Crippen molar-refractivity contribution in [3.63, 3.8) is 0 Å². The molecule has 2 amide bonds. The van der Waals surface area contributed by atoms with Crippen molar-refractivity contribution in [1.82, 2.24) is 10.6 Å². The van der Waals surface area contributed by atoms with Gasteiger partial charge in [-0.2, -0.15) is 0 Å². The third-order valence-corrected chi connectivity index (χ3v) is 10.5. The van der Waals surface area contributed by atoms with Gasteiger partial charge < -0.3 is 34.0 Å². The number of allylic oxidation sites excluding steroid dienone is 2. The van der Waals surface area contributed by atoms with Crippen molar-refractivity contribution in [2.75, 3.05) is 34.2 Å². The molecule has 0 heterocycles. The molecular weight excluding hydrogens is 536 g/mol. The Morgan fingerprint density at radius 3 is 2.15 bits per heavy atom. The smallest absolute Gasteiger partial charge is 0.407 e. The molecule has 0 saturated carbocycles. The van der Waals surface area contributed by atoms with Gasteiger partial charge in [0.1, 0.15) is 24.2 Å². The summed E-state index contributed by atoms with van der Waals surface area (Å²) in [6.07, 6.45) is 3.53. The molecule has 12 heteroatoms. The van der Waals surface area contributed by atoms with Gasteiger partial charge in [0.05, 0.1) is 26.2 Å². The third-order valence-electron chi connectivity index (χ3n) is 6.02. The highest BCUT2D eigenvalue weighted by atomic mass is 28.4. The Morgan fingerprint density at radius 2 is 1.62 bits per heavy atom. The molecule has 0 aromatic heterocycles. The number of hydrogen-bond acceptors (Lipinski definition) is 9. The van der Waals surface area contributed by atoms with Gasteiger partial charge in [0, 0.05) is 20.1 Å². The molecule has 0 spiro atoms. The topological polar surface area (TPSA) is 138 Å². The average Bonchev–Trinajstić information content (AvgIpc) is 2.80. The van der Waals surface area contributed by atoms with Crippen LogP contribution in [0.5, 0.6) is 0 Å². The molecule has 230 valence electrons. The van der Waals surface area contributed by atoms with E-state index in [2.05, 4.69) is 31.4 Å². The van der Waals surface area contributed by atoms with Crippen LogP contribution in [0.1, 0.15) is 61.3 Å². The minimum atomic E-state index is -2.18. The highest BCUT2D eigenvalue weighted by molar-refractivity contribution is 6.74. The van der Waals surface area contributed by atoms with Crippen LogP contribution in [-0.2, 0) is 37.8 Å². The normalized spacial score (nSPS) is 14.4. The van der Waals surface area contributed by atoms with E-state index in [1.165, 1.54) is 14.2 Å². The van der Waals surface area contributed by atoms with Crippen LogP contribution in [0.2, 0.25) is 18.1 Å². The van der Waals surface area contributed by atoms with Crippen molar-refractivity contribution >= 4 is 32.1 Å². The Morgan fingerprint density at radius 1 is 1.00 bits per heavy atom. The van der Waals surface area contributed by atoms with E-state index in [4.69, 9.17) is 23.4 Å². The number of ether oxygens (including phenoxy) is 4. The third kappa shape index (κ3) is 16.5. The van der Waals surface area contributed by atoms with Crippen molar-refractivity contribution in [2.24, 2.45) is 0 Å². The average molecular weight is 587 g/mol. The molecule has 40 heavy (non-hydrogen) atoms. The fourth-order valence-corrected chi connectivity index (χ4v) is 3.93. The van der Waals surface area contributed by atoms with Gasteiger partial charge >= 0.3 is 12.1 Å². The summed E-state index contributed by atoms with van der Waals surface area (Å²) in [5, 5.41) is 5.10. The van der Waals surface area contributed by atoms with E-state index in [1.54, 1.807) is 39.0 Å². The summed E-state index contributed by atoms with van der Waals surface area (Å²) < 4.78 is 26.6. The fraction of sp³-hybridized carbons (Fsp3) is 0.714. The number of Topliss-reactive ketones (excluding diaryl/α,β-unsaturated/α-hetero) is 1. The lowest BCUT2D eigenvalue weighted by Crippen LogP contribution is -2.49. The lowest BCUT2D eigenvalue weighted by molar-refractivity contribution is -0.146. The lowest BCUT2D eigenvalue weighted by atomic mass is 10.1. The molecule has 0 aromatic rings. The van der Waals surface area contributed by atoms with Crippen LogP contribution in [0.15, 0.2) is 23.8 Å². The SMILES string of the molecule is COCO[C@H](/C=C(C)/C=C/CNC(=O)OC(C)(C)C)CC(=O)CC(=O)N[C@@H](CO[Si](C)(C)C(C)(C)C)C(=O)OC. The standard InChI is InChI=1S/C28H50N2O9Si/c1-20(13-12-14-29-26(34)39-27(2,3)4)15-22(37-19-35-8)16-21(31)17-24(32)30-23(25(33)36-9)18-38-40(10,11)28(5,6)7/h12-13,15,22-23H,14,16-19H2,1-11H3,(H,29,34)(H,30,32)/b13-12+,20-15+/t22-,23+/m1/s1. The maximum Gasteiger partial charge on any atom is 0.407 e. The Labute approximate surface area is 240 Å². The predicted octanol–water partition coefficient (Wildman–Crippen LogP) is 4.03. The molecule has 0 aliphatic heterocycles. The molecule has 0 aliphatic carbocycles. The van der Waals surface area contributed by atoms with E-state index in [0.29, 0.717) is 0 Å². The number of amides is 2. The van der Waals surface area contributed by atoms with E-state index in [9.17, 15) is 19.2 Å². The van der Waals surface area contributed by atoms with E-state index >= 15 is 0 Å². The Bertz CT molecular complexity index is 902. The number of carbonyl (C=O) groups excluding carboxylic acids is 4. The summed E-state index contributed by atoms with van der Waals surface area (Å²) in [5.74, 6) is -1.64. The lowest BCUT2D eigenvalue weighted by Gasteiger charge is -2.37. The molecule has 11 nitrogen and oxygen atoms in total.